The highest BCUT2D eigenvalue weighted by Gasteiger charge is 2.49. The average Bonchev–Trinajstić information content (AvgIpc) is 2.87. The summed E-state index contributed by atoms with van der Waals surface area (Å²) in [4.78, 5) is 24.1. The van der Waals surface area contributed by atoms with Gasteiger partial charge in [-0.15, -0.1) is 0 Å². The maximum absolute atomic E-state index is 12.3. The van der Waals surface area contributed by atoms with E-state index in [1.54, 1.807) is 6.92 Å². The molecule has 19 heavy (non-hydrogen) atoms. The molecule has 0 heterocycles. The van der Waals surface area contributed by atoms with Gasteiger partial charge in [0, 0.05) is 12.1 Å². The minimum absolute atomic E-state index is 0.0286. The molecule has 2 fully saturated rings. The van der Waals surface area contributed by atoms with Crippen LogP contribution >= 0.6 is 0 Å². The number of hydrogen-bond acceptors (Lipinski definition) is 3. The van der Waals surface area contributed by atoms with Gasteiger partial charge >= 0.3 is 0 Å². The van der Waals surface area contributed by atoms with E-state index in [1.165, 1.54) is 0 Å². The van der Waals surface area contributed by atoms with Crippen LogP contribution in [0, 0.1) is 17.8 Å². The van der Waals surface area contributed by atoms with Crippen molar-refractivity contribution in [1.82, 2.24) is 10.6 Å². The van der Waals surface area contributed by atoms with Crippen molar-refractivity contribution >= 4 is 11.8 Å². The number of carbonyl (C=O) groups excluding carboxylic acids is 2. The van der Waals surface area contributed by atoms with Crippen LogP contribution in [0.5, 0.6) is 0 Å². The van der Waals surface area contributed by atoms with Gasteiger partial charge in [0.1, 0.15) is 6.04 Å². The van der Waals surface area contributed by atoms with Gasteiger partial charge in [0.2, 0.25) is 11.8 Å². The van der Waals surface area contributed by atoms with Crippen LogP contribution in [0.25, 0.3) is 0 Å². The smallest absolute Gasteiger partial charge is 0.242 e. The normalized spacial score (nSPS) is 34.4. The summed E-state index contributed by atoms with van der Waals surface area (Å²) in [5.41, 5.74) is 6.14. The summed E-state index contributed by atoms with van der Waals surface area (Å²) in [6, 6.07) is -0.447. The van der Waals surface area contributed by atoms with Crippen molar-refractivity contribution in [2.24, 2.45) is 23.5 Å². The Kier molecular flexibility index (Phi) is 4.13. The number of nitrogens with two attached hydrogens (primary N) is 1. The maximum atomic E-state index is 12.3. The molecule has 2 amide bonds. The Bertz CT molecular complexity index is 368. The fraction of sp³-hybridized carbons (Fsp3) is 0.857. The average molecular weight is 267 g/mol. The summed E-state index contributed by atoms with van der Waals surface area (Å²) < 4.78 is 0. The first-order chi connectivity index (χ1) is 8.90. The molecule has 0 aromatic rings. The lowest BCUT2D eigenvalue weighted by Crippen LogP contribution is -2.52. The molecule has 2 rings (SSSR count). The van der Waals surface area contributed by atoms with Crippen LogP contribution in [-0.4, -0.2) is 29.9 Å². The van der Waals surface area contributed by atoms with E-state index in [9.17, 15) is 9.59 Å². The zero-order chi connectivity index (χ0) is 14.2. The third kappa shape index (κ3) is 2.91. The zero-order valence-corrected chi connectivity index (χ0v) is 12.0. The lowest BCUT2D eigenvalue weighted by atomic mass is 9.84. The van der Waals surface area contributed by atoms with Gasteiger partial charge in [-0.25, -0.2) is 0 Å². The van der Waals surface area contributed by atoms with E-state index in [1.807, 2.05) is 13.8 Å². The summed E-state index contributed by atoms with van der Waals surface area (Å²) in [6.07, 6.45) is 3.33. The Labute approximate surface area is 114 Å². The van der Waals surface area contributed by atoms with E-state index in [-0.39, 0.29) is 29.8 Å². The molecule has 2 bridgehead atoms. The van der Waals surface area contributed by atoms with Crippen molar-refractivity contribution in [1.29, 1.82) is 0 Å². The number of rotatable bonds is 4. The van der Waals surface area contributed by atoms with Crippen LogP contribution in [0.4, 0.5) is 0 Å². The largest absolute Gasteiger partial charge is 0.352 e. The second-order valence-electron chi connectivity index (χ2n) is 6.33. The number of hydrogen-bond donors (Lipinski definition) is 3. The molecule has 0 radical (unpaired) electrons. The standard InChI is InChI=1S/C14H25N3O2/c1-7(2)16-13(18)8(3)17-14(19)11-9-4-5-10(6-9)12(11)15/h7-12H,4-6,15H2,1-3H3,(H,16,18)(H,17,19). The SMILES string of the molecule is CC(C)NC(=O)C(C)NC(=O)C1C2CCC(C2)C1N. The Morgan fingerprint density at radius 1 is 1.11 bits per heavy atom. The first kappa shape index (κ1) is 14.3. The highest BCUT2D eigenvalue weighted by molar-refractivity contribution is 5.88. The van der Waals surface area contributed by atoms with Crippen molar-refractivity contribution < 1.29 is 9.59 Å². The van der Waals surface area contributed by atoms with Gasteiger partial charge in [-0.3, -0.25) is 9.59 Å². The molecule has 0 aliphatic heterocycles. The van der Waals surface area contributed by atoms with Crippen LogP contribution in [0.1, 0.15) is 40.0 Å². The van der Waals surface area contributed by atoms with Gasteiger partial charge in [-0.2, -0.15) is 0 Å². The second-order valence-corrected chi connectivity index (χ2v) is 6.33. The van der Waals surface area contributed by atoms with Gasteiger partial charge in [-0.1, -0.05) is 0 Å². The van der Waals surface area contributed by atoms with Crippen LogP contribution in [0.3, 0.4) is 0 Å². The molecule has 0 aromatic carbocycles. The molecular weight excluding hydrogens is 242 g/mol. The predicted octanol–water partition coefficient (Wildman–Crippen LogP) is 0.389. The van der Waals surface area contributed by atoms with Crippen LogP contribution in [0.2, 0.25) is 0 Å². The molecule has 5 unspecified atom stereocenters. The molecule has 5 heteroatoms. The molecule has 2 saturated carbocycles. The summed E-state index contributed by atoms with van der Waals surface area (Å²) in [5.74, 6) is 0.625. The second kappa shape index (κ2) is 5.49. The molecule has 4 N–H and O–H groups in total. The zero-order valence-electron chi connectivity index (χ0n) is 12.0. The number of amides is 2. The van der Waals surface area contributed by atoms with Crippen molar-refractivity contribution in [2.75, 3.05) is 0 Å². The summed E-state index contributed by atoms with van der Waals surface area (Å²) in [5, 5.41) is 5.61. The van der Waals surface area contributed by atoms with E-state index < -0.39 is 6.04 Å². The molecule has 0 spiro atoms. The van der Waals surface area contributed by atoms with E-state index in [0.29, 0.717) is 11.8 Å². The first-order valence-corrected chi connectivity index (χ1v) is 7.26. The molecular formula is C14H25N3O2. The summed E-state index contributed by atoms with van der Waals surface area (Å²) in [6.45, 7) is 5.52. The van der Waals surface area contributed by atoms with Crippen LogP contribution < -0.4 is 16.4 Å². The molecule has 2 aliphatic carbocycles. The van der Waals surface area contributed by atoms with Crippen molar-refractivity contribution in [3.05, 3.63) is 0 Å². The van der Waals surface area contributed by atoms with Gasteiger partial charge in [0.25, 0.3) is 0 Å². The Balaban J connectivity index is 1.89. The van der Waals surface area contributed by atoms with Crippen LogP contribution in [0.15, 0.2) is 0 Å². The van der Waals surface area contributed by atoms with Crippen molar-refractivity contribution in [2.45, 2.75) is 58.2 Å². The Morgan fingerprint density at radius 2 is 1.74 bits per heavy atom. The van der Waals surface area contributed by atoms with Gasteiger partial charge in [0.05, 0.1) is 5.92 Å². The van der Waals surface area contributed by atoms with Crippen molar-refractivity contribution in [3.63, 3.8) is 0 Å². The fourth-order valence-electron chi connectivity index (χ4n) is 3.51. The molecule has 5 atom stereocenters. The predicted molar refractivity (Wildman–Crippen MR) is 73.2 cm³/mol. The minimum Gasteiger partial charge on any atom is -0.352 e. The monoisotopic (exact) mass is 267 g/mol. The first-order valence-electron chi connectivity index (χ1n) is 7.26. The van der Waals surface area contributed by atoms with E-state index in [4.69, 9.17) is 5.73 Å². The van der Waals surface area contributed by atoms with E-state index in [0.717, 1.165) is 19.3 Å². The molecule has 108 valence electrons. The molecule has 0 saturated heterocycles. The lowest BCUT2D eigenvalue weighted by Gasteiger charge is -2.28. The van der Waals surface area contributed by atoms with E-state index in [2.05, 4.69) is 10.6 Å². The molecule has 5 nitrogen and oxygen atoms in total. The Morgan fingerprint density at radius 3 is 2.26 bits per heavy atom. The highest BCUT2D eigenvalue weighted by Crippen LogP contribution is 2.47. The minimum atomic E-state index is -0.499. The lowest BCUT2D eigenvalue weighted by molar-refractivity contribution is -0.132. The highest BCUT2D eigenvalue weighted by atomic mass is 16.2. The number of carbonyl (C=O) groups is 2. The maximum Gasteiger partial charge on any atom is 0.242 e. The molecule has 2 aliphatic rings. The topological polar surface area (TPSA) is 84.2 Å². The van der Waals surface area contributed by atoms with Gasteiger partial charge in [-0.05, 0) is 51.9 Å². The van der Waals surface area contributed by atoms with Gasteiger partial charge < -0.3 is 16.4 Å². The van der Waals surface area contributed by atoms with Crippen LogP contribution in [-0.2, 0) is 9.59 Å². The van der Waals surface area contributed by atoms with E-state index >= 15 is 0 Å². The quantitative estimate of drug-likeness (QED) is 0.689. The third-order valence-corrected chi connectivity index (χ3v) is 4.47. The summed E-state index contributed by atoms with van der Waals surface area (Å²) in [7, 11) is 0. The number of fused-ring (bicyclic) bond motifs is 2. The molecule has 0 aromatic heterocycles. The number of nitrogens with one attached hydrogen (secondary N) is 2. The Hall–Kier alpha value is -1.10. The third-order valence-electron chi connectivity index (χ3n) is 4.47. The van der Waals surface area contributed by atoms with Gasteiger partial charge in [0.15, 0.2) is 0 Å². The fourth-order valence-corrected chi connectivity index (χ4v) is 3.51. The summed E-state index contributed by atoms with van der Waals surface area (Å²) >= 11 is 0. The van der Waals surface area contributed by atoms with Crippen molar-refractivity contribution in [3.8, 4) is 0 Å².